The van der Waals surface area contributed by atoms with Crippen LogP contribution in [0, 0.1) is 0 Å². The van der Waals surface area contributed by atoms with Gasteiger partial charge in [-0.05, 0) is 61.7 Å². The first-order chi connectivity index (χ1) is 22.4. The number of hydrogen-bond acceptors (Lipinski definition) is 6. The molecule has 0 spiro atoms. The van der Waals surface area contributed by atoms with Crippen LogP contribution in [0.15, 0.2) is 65.8 Å². The fourth-order valence-electron chi connectivity index (χ4n) is 6.01. The van der Waals surface area contributed by atoms with Crippen LogP contribution in [0.5, 0.6) is 0 Å². The molecule has 6 rings (SSSR count). The van der Waals surface area contributed by atoms with Gasteiger partial charge < -0.3 is 9.47 Å². The molecular weight excluding hydrogens is 681 g/mol. The third-order valence-electron chi connectivity index (χ3n) is 8.55. The Balaban J connectivity index is 1.31. The molecule has 0 aliphatic carbocycles. The third-order valence-corrected chi connectivity index (χ3v) is 9.71. The maximum atomic E-state index is 14.2. The van der Waals surface area contributed by atoms with Crippen LogP contribution in [-0.4, -0.2) is 60.8 Å². The molecule has 0 saturated carbocycles. The Morgan fingerprint density at radius 1 is 0.750 bits per heavy atom. The second kappa shape index (κ2) is 11.4. The van der Waals surface area contributed by atoms with Crippen LogP contribution >= 0.6 is 0 Å². The van der Waals surface area contributed by atoms with Gasteiger partial charge in [0.15, 0.2) is 5.78 Å². The zero-order valence-electron chi connectivity index (χ0n) is 24.5. The number of halogens is 9. The van der Waals surface area contributed by atoms with E-state index >= 15 is 0 Å². The van der Waals surface area contributed by atoms with E-state index in [2.05, 4.69) is 14.3 Å². The van der Waals surface area contributed by atoms with E-state index in [0.29, 0.717) is 32.9 Å². The Labute approximate surface area is 266 Å². The normalized spacial score (nSPS) is 17.4. The van der Waals surface area contributed by atoms with Gasteiger partial charge in [0.05, 0.1) is 11.2 Å². The Hall–Kier alpha value is -4.28. The van der Waals surface area contributed by atoms with E-state index in [4.69, 9.17) is 0 Å². The maximum absolute atomic E-state index is 14.2. The van der Waals surface area contributed by atoms with E-state index in [-0.39, 0.29) is 30.0 Å². The number of benzene rings is 3. The molecule has 1 fully saturated rings. The van der Waals surface area contributed by atoms with Gasteiger partial charge in [-0.1, -0.05) is 23.4 Å². The van der Waals surface area contributed by atoms with Gasteiger partial charge in [-0.2, -0.15) is 47.9 Å². The van der Waals surface area contributed by atoms with Crippen LogP contribution in [0.3, 0.4) is 0 Å². The summed E-state index contributed by atoms with van der Waals surface area (Å²) in [5, 5.41) is -2.92. The molecule has 256 valence electrons. The van der Waals surface area contributed by atoms with Crippen LogP contribution in [-0.2, 0) is 20.9 Å². The number of carbonyl (C=O) groups excluding carboxylic acids is 1. The standard InChI is InChI=1S/C31H24F9N3O4S/c32-28(33,30(36,37)38)29(34,35)31(39,40)48(45,46)47-41-24-13-16-43-25-12-9-19(17-23(25)21-5-4-6-22(24)26(21)43)27(44)18-7-10-20(11-8-18)42-14-2-1-3-15-42/h4-12,17H,1-3,13-16H2/b41-24+. The van der Waals surface area contributed by atoms with E-state index in [1.54, 1.807) is 41.0 Å². The Bertz CT molecular complexity index is 2050. The molecule has 0 bridgehead atoms. The van der Waals surface area contributed by atoms with Crippen LogP contribution < -0.4 is 4.90 Å². The number of carbonyl (C=O) groups is 1. The number of para-hydroxylation sites is 1. The number of hydrogen-bond donors (Lipinski definition) is 0. The summed E-state index contributed by atoms with van der Waals surface area (Å²) in [6, 6.07) is 16.7. The van der Waals surface area contributed by atoms with Gasteiger partial charge in [-0.3, -0.25) is 9.08 Å². The molecule has 17 heteroatoms. The number of aromatic nitrogens is 1. The summed E-state index contributed by atoms with van der Waals surface area (Å²) < 4.78 is 149. The monoisotopic (exact) mass is 705 g/mol. The fraction of sp³-hybridized carbons (Fsp3) is 0.355. The highest BCUT2D eigenvalue weighted by molar-refractivity contribution is 7.87. The van der Waals surface area contributed by atoms with Crippen molar-refractivity contribution in [3.63, 3.8) is 0 Å². The molecule has 0 atom stereocenters. The molecule has 0 radical (unpaired) electrons. The van der Waals surface area contributed by atoms with Gasteiger partial charge >= 0.3 is 33.4 Å². The Morgan fingerprint density at radius 3 is 2.04 bits per heavy atom. The lowest BCUT2D eigenvalue weighted by Crippen LogP contribution is -2.63. The number of ketones is 1. The van der Waals surface area contributed by atoms with Gasteiger partial charge in [-0.15, -0.1) is 0 Å². The SMILES string of the molecule is O=C(c1ccc(N2CCCCC2)cc1)c1ccc2c(c1)c1cccc3c1n2CC/C3=N\OS(=O)(=O)C(F)(F)C(F)(F)C(F)(F)C(F)(F)F. The van der Waals surface area contributed by atoms with Crippen molar-refractivity contribution in [3.05, 3.63) is 77.4 Å². The second-order valence-corrected chi connectivity index (χ2v) is 13.1. The van der Waals surface area contributed by atoms with E-state index in [1.807, 2.05) is 12.1 Å². The topological polar surface area (TPSA) is 81.0 Å². The molecule has 3 aromatic carbocycles. The Morgan fingerprint density at radius 2 is 1.40 bits per heavy atom. The lowest BCUT2D eigenvalue weighted by atomic mass is 9.99. The first kappa shape index (κ1) is 33.6. The molecule has 1 saturated heterocycles. The molecule has 0 unspecified atom stereocenters. The van der Waals surface area contributed by atoms with E-state index in [9.17, 15) is 52.7 Å². The lowest BCUT2D eigenvalue weighted by molar-refractivity contribution is -0.382. The maximum Gasteiger partial charge on any atom is 0.460 e. The minimum Gasteiger partial charge on any atom is -0.372 e. The van der Waals surface area contributed by atoms with Crippen molar-refractivity contribution < 1.29 is 57.0 Å². The minimum absolute atomic E-state index is 0.0171. The minimum atomic E-state index is -7.44. The van der Waals surface area contributed by atoms with Crippen LogP contribution in [0.4, 0.5) is 45.2 Å². The molecule has 0 N–H and O–H groups in total. The number of piperidine rings is 1. The highest BCUT2D eigenvalue weighted by Gasteiger charge is 2.86. The van der Waals surface area contributed by atoms with Crippen molar-refractivity contribution in [2.45, 2.75) is 55.5 Å². The Kier molecular flexibility index (Phi) is 7.99. The van der Waals surface area contributed by atoms with E-state index < -0.39 is 33.4 Å². The molecule has 48 heavy (non-hydrogen) atoms. The van der Waals surface area contributed by atoms with E-state index in [0.717, 1.165) is 31.6 Å². The highest BCUT2D eigenvalue weighted by atomic mass is 32.2. The summed E-state index contributed by atoms with van der Waals surface area (Å²) in [6.45, 7) is 1.89. The summed E-state index contributed by atoms with van der Waals surface area (Å²) >= 11 is 0. The zero-order chi connectivity index (χ0) is 34.9. The summed E-state index contributed by atoms with van der Waals surface area (Å²) in [7, 11) is -7.18. The summed E-state index contributed by atoms with van der Waals surface area (Å²) in [6.07, 6.45) is -4.09. The summed E-state index contributed by atoms with van der Waals surface area (Å²) in [4.78, 5) is 15.7. The quantitative estimate of drug-likeness (QED) is 0.106. The summed E-state index contributed by atoms with van der Waals surface area (Å²) in [5.41, 5.74) is 2.51. The van der Waals surface area contributed by atoms with Gasteiger partial charge in [-0.25, -0.2) is 0 Å². The van der Waals surface area contributed by atoms with Crippen LogP contribution in [0.2, 0.25) is 0 Å². The molecule has 7 nitrogen and oxygen atoms in total. The van der Waals surface area contributed by atoms with Gasteiger partial charge in [0.1, 0.15) is 0 Å². The van der Waals surface area contributed by atoms with Crippen molar-refractivity contribution >= 4 is 49.1 Å². The van der Waals surface area contributed by atoms with Crippen molar-refractivity contribution in [2.75, 3.05) is 18.0 Å². The predicted molar refractivity (Wildman–Crippen MR) is 157 cm³/mol. The number of aryl methyl sites for hydroxylation is 1. The first-order valence-electron chi connectivity index (χ1n) is 14.5. The smallest absolute Gasteiger partial charge is 0.372 e. The number of fused-ring (bicyclic) bond motifs is 3. The van der Waals surface area contributed by atoms with Crippen molar-refractivity contribution in [1.29, 1.82) is 0 Å². The van der Waals surface area contributed by atoms with Crippen molar-refractivity contribution in [3.8, 4) is 0 Å². The van der Waals surface area contributed by atoms with Crippen LogP contribution in [0.1, 0.15) is 47.2 Å². The molecule has 0 amide bonds. The van der Waals surface area contributed by atoms with Crippen molar-refractivity contribution in [1.82, 2.24) is 4.57 Å². The lowest BCUT2D eigenvalue weighted by Gasteiger charge is -2.31. The van der Waals surface area contributed by atoms with Crippen LogP contribution in [0.25, 0.3) is 21.8 Å². The fourth-order valence-corrected chi connectivity index (χ4v) is 6.74. The number of alkyl halides is 9. The number of oxime groups is 1. The van der Waals surface area contributed by atoms with Gasteiger partial charge in [0, 0.05) is 64.7 Å². The average molecular weight is 706 g/mol. The van der Waals surface area contributed by atoms with E-state index in [1.165, 1.54) is 18.6 Å². The molecular formula is C31H24F9N3O4S. The average Bonchev–Trinajstić information content (AvgIpc) is 3.38. The molecule has 2 aliphatic rings. The van der Waals surface area contributed by atoms with Crippen molar-refractivity contribution in [2.24, 2.45) is 5.16 Å². The molecule has 4 aromatic rings. The largest absolute Gasteiger partial charge is 0.460 e. The molecule has 2 aliphatic heterocycles. The number of nitrogens with zero attached hydrogens (tertiary/aromatic N) is 3. The zero-order valence-corrected chi connectivity index (χ0v) is 25.3. The third kappa shape index (κ3) is 5.17. The molecule has 1 aromatic heterocycles. The summed E-state index contributed by atoms with van der Waals surface area (Å²) in [5.74, 6) is -15.1. The molecule has 3 heterocycles. The van der Waals surface area contributed by atoms with Gasteiger partial charge in [0.2, 0.25) is 0 Å². The first-order valence-corrected chi connectivity index (χ1v) is 15.9. The highest BCUT2D eigenvalue weighted by Crippen LogP contribution is 2.55. The predicted octanol–water partition coefficient (Wildman–Crippen LogP) is 7.90. The van der Waals surface area contributed by atoms with Gasteiger partial charge in [0.25, 0.3) is 0 Å². The second-order valence-electron chi connectivity index (χ2n) is 11.5. The number of rotatable bonds is 8. The number of anilines is 1.